The molecule has 0 bridgehead atoms. The summed E-state index contributed by atoms with van der Waals surface area (Å²) in [6.45, 7) is 2.92. The summed E-state index contributed by atoms with van der Waals surface area (Å²) in [5.74, 6) is -0.838. The highest BCUT2D eigenvalue weighted by atomic mass is 33.1. The molecule has 0 radical (unpaired) electrons. The van der Waals surface area contributed by atoms with Crippen molar-refractivity contribution in [3.63, 3.8) is 0 Å². The third-order valence-electron chi connectivity index (χ3n) is 6.47. The van der Waals surface area contributed by atoms with E-state index in [9.17, 15) is 23.1 Å². The van der Waals surface area contributed by atoms with E-state index < -0.39 is 38.4 Å². The van der Waals surface area contributed by atoms with Crippen LogP contribution in [0.1, 0.15) is 18.1 Å². The van der Waals surface area contributed by atoms with Crippen LogP contribution in [0.4, 0.5) is 0 Å². The summed E-state index contributed by atoms with van der Waals surface area (Å²) in [5, 5.41) is 12.7. The summed E-state index contributed by atoms with van der Waals surface area (Å²) in [5.41, 5.74) is 1.45. The Bertz CT molecular complexity index is 1510. The van der Waals surface area contributed by atoms with Crippen LogP contribution in [0.15, 0.2) is 101 Å². The van der Waals surface area contributed by atoms with Gasteiger partial charge in [0, 0.05) is 10.8 Å². The molecule has 3 atom stereocenters. The highest BCUT2D eigenvalue weighted by Gasteiger charge is 2.54. The Morgan fingerprint density at radius 1 is 0.976 bits per heavy atom. The third kappa shape index (κ3) is 7.44. The molecule has 1 aliphatic heterocycles. The Balaban J connectivity index is 1.59. The number of allylic oxidation sites excluding steroid dienone is 1. The SMILES string of the molecule is COC(C)=C(C(=O)OCc1ccccc1)N1C(O)C(NC(=O)COc2ccccc2)C1SS(=O)(=O)c1ccc(C)cc1. The van der Waals surface area contributed by atoms with Gasteiger partial charge in [-0.25, -0.2) is 13.2 Å². The number of aliphatic hydroxyl groups is 1. The van der Waals surface area contributed by atoms with Crippen LogP contribution in [-0.4, -0.2) is 61.7 Å². The quantitative estimate of drug-likeness (QED) is 0.135. The van der Waals surface area contributed by atoms with Gasteiger partial charge in [-0.1, -0.05) is 66.2 Å². The van der Waals surface area contributed by atoms with Gasteiger partial charge >= 0.3 is 5.97 Å². The largest absolute Gasteiger partial charge is 0.499 e. The molecule has 2 N–H and O–H groups in total. The zero-order chi connectivity index (χ0) is 30.3. The van der Waals surface area contributed by atoms with Gasteiger partial charge in [0.05, 0.1) is 12.0 Å². The summed E-state index contributed by atoms with van der Waals surface area (Å²) in [4.78, 5) is 27.3. The van der Waals surface area contributed by atoms with Gasteiger partial charge in [-0.15, -0.1) is 0 Å². The van der Waals surface area contributed by atoms with Crippen LogP contribution in [0.5, 0.6) is 5.75 Å². The fourth-order valence-corrected chi connectivity index (χ4v) is 7.73. The van der Waals surface area contributed by atoms with Crippen LogP contribution in [-0.2, 0) is 34.5 Å². The van der Waals surface area contributed by atoms with E-state index in [4.69, 9.17) is 14.2 Å². The predicted octanol–water partition coefficient (Wildman–Crippen LogP) is 3.56. The molecule has 1 amide bonds. The van der Waals surface area contributed by atoms with Gasteiger partial charge in [0.25, 0.3) is 5.91 Å². The van der Waals surface area contributed by atoms with Crippen LogP contribution in [0.25, 0.3) is 0 Å². The molecule has 1 aliphatic rings. The van der Waals surface area contributed by atoms with E-state index in [0.29, 0.717) is 16.5 Å². The molecule has 1 fully saturated rings. The van der Waals surface area contributed by atoms with Gasteiger partial charge in [-0.2, -0.15) is 0 Å². The summed E-state index contributed by atoms with van der Waals surface area (Å²) in [6.07, 6.45) is -1.47. The number of ether oxygens (including phenoxy) is 3. The number of carbonyl (C=O) groups excluding carboxylic acids is 2. The first-order valence-corrected chi connectivity index (χ1v) is 15.9. The minimum atomic E-state index is -4.00. The number of aliphatic hydroxyl groups excluding tert-OH is 1. The molecule has 3 aromatic carbocycles. The van der Waals surface area contributed by atoms with Gasteiger partial charge in [0.2, 0.25) is 8.87 Å². The standard InChI is InChI=1S/C30H32N2O8S2/c1-20-14-16-24(17-15-20)42(36,37)41-29-26(31-25(33)19-39-23-12-8-5-9-13-23)28(34)32(29)27(21(2)38-3)30(35)40-18-22-10-6-4-7-11-22/h4-17,26,28-29,34H,18-19H2,1-3H3,(H,31,33). The van der Waals surface area contributed by atoms with Gasteiger partial charge in [0.1, 0.15) is 29.5 Å². The van der Waals surface area contributed by atoms with E-state index in [2.05, 4.69) is 5.32 Å². The number of methoxy groups -OCH3 is 1. The van der Waals surface area contributed by atoms with Crippen molar-refractivity contribution < 1.29 is 37.3 Å². The van der Waals surface area contributed by atoms with E-state index in [1.807, 2.05) is 13.0 Å². The first kappa shape index (κ1) is 30.9. The molecule has 3 aromatic rings. The highest BCUT2D eigenvalue weighted by Crippen LogP contribution is 2.42. The van der Waals surface area contributed by atoms with E-state index >= 15 is 0 Å². The summed E-state index contributed by atoms with van der Waals surface area (Å²) < 4.78 is 43.2. The van der Waals surface area contributed by atoms with E-state index in [-0.39, 0.29) is 29.6 Å². The Labute approximate surface area is 248 Å². The molecule has 0 saturated carbocycles. The number of nitrogens with zero attached hydrogens (tertiary/aromatic N) is 1. The first-order valence-electron chi connectivity index (χ1n) is 13.0. The van der Waals surface area contributed by atoms with Crippen molar-refractivity contribution in [1.29, 1.82) is 0 Å². The number of benzene rings is 3. The van der Waals surface area contributed by atoms with Crippen molar-refractivity contribution in [3.8, 4) is 5.75 Å². The van der Waals surface area contributed by atoms with Crippen molar-refractivity contribution in [2.75, 3.05) is 13.7 Å². The average Bonchev–Trinajstić information content (AvgIpc) is 3.00. The number of rotatable bonds is 12. The Morgan fingerprint density at radius 3 is 2.21 bits per heavy atom. The molecule has 4 rings (SSSR count). The number of aryl methyl sites for hydroxylation is 1. The predicted molar refractivity (Wildman–Crippen MR) is 157 cm³/mol. The third-order valence-corrected chi connectivity index (χ3v) is 10.2. The molecule has 0 aliphatic carbocycles. The van der Waals surface area contributed by atoms with E-state index in [1.54, 1.807) is 66.7 Å². The molecular formula is C30H32N2O8S2. The summed E-state index contributed by atoms with van der Waals surface area (Å²) in [6, 6.07) is 22.9. The van der Waals surface area contributed by atoms with Crippen molar-refractivity contribution in [1.82, 2.24) is 10.2 Å². The number of likely N-dealkylation sites (tertiary alicyclic amines) is 1. The van der Waals surface area contributed by atoms with Crippen molar-refractivity contribution in [2.24, 2.45) is 0 Å². The fraction of sp³-hybridized carbons (Fsp3) is 0.267. The second-order valence-electron chi connectivity index (χ2n) is 9.44. The number of esters is 1. The highest BCUT2D eigenvalue weighted by molar-refractivity contribution is 8.72. The second kappa shape index (κ2) is 13.8. The lowest BCUT2D eigenvalue weighted by Crippen LogP contribution is -2.72. The van der Waals surface area contributed by atoms with Gasteiger partial charge in [-0.3, -0.25) is 4.79 Å². The zero-order valence-corrected chi connectivity index (χ0v) is 24.9. The lowest BCUT2D eigenvalue weighted by atomic mass is 10.0. The minimum absolute atomic E-state index is 0.0394. The van der Waals surface area contributed by atoms with E-state index in [0.717, 1.165) is 11.1 Å². The molecule has 12 heteroatoms. The maximum absolute atomic E-state index is 13.4. The van der Waals surface area contributed by atoms with Crippen LogP contribution in [0, 0.1) is 6.92 Å². The molecule has 1 saturated heterocycles. The molecule has 42 heavy (non-hydrogen) atoms. The molecule has 1 heterocycles. The number of carbonyl (C=O) groups is 2. The number of para-hydroxylation sites is 1. The number of amides is 1. The summed E-state index contributed by atoms with van der Waals surface area (Å²) >= 11 is 0. The van der Waals surface area contributed by atoms with Gasteiger partial charge < -0.3 is 29.5 Å². The second-order valence-corrected chi connectivity index (χ2v) is 13.4. The zero-order valence-electron chi connectivity index (χ0n) is 23.3. The molecule has 3 unspecified atom stereocenters. The van der Waals surface area contributed by atoms with Crippen LogP contribution in [0.2, 0.25) is 0 Å². The molecule has 0 spiro atoms. The Morgan fingerprint density at radius 2 is 1.60 bits per heavy atom. The van der Waals surface area contributed by atoms with Gasteiger partial charge in [0.15, 0.2) is 18.5 Å². The van der Waals surface area contributed by atoms with Gasteiger partial charge in [-0.05, 0) is 43.7 Å². The normalized spacial score (nSPS) is 18.8. The van der Waals surface area contributed by atoms with Crippen molar-refractivity contribution >= 4 is 31.5 Å². The smallest absolute Gasteiger partial charge is 0.358 e. The first-order chi connectivity index (χ1) is 20.1. The average molecular weight is 613 g/mol. The maximum Gasteiger partial charge on any atom is 0.358 e. The maximum atomic E-state index is 13.4. The lowest BCUT2D eigenvalue weighted by Gasteiger charge is -2.52. The summed E-state index contributed by atoms with van der Waals surface area (Å²) in [7, 11) is -2.16. The van der Waals surface area contributed by atoms with Crippen molar-refractivity contribution in [3.05, 3.63) is 108 Å². The monoisotopic (exact) mass is 612 g/mol. The lowest BCUT2D eigenvalue weighted by molar-refractivity contribution is -0.154. The minimum Gasteiger partial charge on any atom is -0.499 e. The molecule has 10 nitrogen and oxygen atoms in total. The topological polar surface area (TPSA) is 131 Å². The number of hydrogen-bond acceptors (Lipinski definition) is 10. The Hall–Kier alpha value is -4.00. The number of nitrogens with one attached hydrogen (secondary N) is 1. The van der Waals surface area contributed by atoms with Crippen LogP contribution in [0.3, 0.4) is 0 Å². The number of hydrogen-bond donors (Lipinski definition) is 2. The van der Waals surface area contributed by atoms with Crippen LogP contribution < -0.4 is 10.1 Å². The molecular weight excluding hydrogens is 580 g/mol. The van der Waals surface area contributed by atoms with Crippen molar-refractivity contribution in [2.45, 2.75) is 43.0 Å². The fourth-order valence-electron chi connectivity index (χ4n) is 4.16. The van der Waals surface area contributed by atoms with Crippen LogP contribution >= 0.6 is 10.8 Å². The Kier molecular flexibility index (Phi) is 10.2. The molecule has 222 valence electrons. The van der Waals surface area contributed by atoms with E-state index in [1.165, 1.54) is 31.1 Å². The molecule has 0 aromatic heterocycles.